The van der Waals surface area contributed by atoms with Crippen molar-refractivity contribution in [1.29, 1.82) is 0 Å². The summed E-state index contributed by atoms with van der Waals surface area (Å²) in [6.45, 7) is 4.37. The van der Waals surface area contributed by atoms with E-state index in [2.05, 4.69) is 62.4 Å². The van der Waals surface area contributed by atoms with Gasteiger partial charge < -0.3 is 4.89 Å². The van der Waals surface area contributed by atoms with Gasteiger partial charge in [-0.3, -0.25) is 0 Å². The maximum absolute atomic E-state index is 10.5. The summed E-state index contributed by atoms with van der Waals surface area (Å²) in [5.41, 5.74) is 2.69. The Bertz CT molecular complexity index is 467. The summed E-state index contributed by atoms with van der Waals surface area (Å²) in [6.07, 6.45) is 4.53. The molecule has 0 aliphatic carbocycles. The van der Waals surface area contributed by atoms with Crippen LogP contribution in [-0.2, 0) is 12.8 Å². The maximum Gasteiger partial charge on any atom is 0.0877 e. The molecule has 0 spiro atoms. The van der Waals surface area contributed by atoms with Crippen LogP contribution in [0.25, 0.3) is 0 Å². The van der Waals surface area contributed by atoms with Crippen LogP contribution in [0.15, 0.2) is 48.5 Å². The van der Waals surface area contributed by atoms with E-state index >= 15 is 0 Å². The Morgan fingerprint density at radius 2 is 1.05 bits per heavy atom. The van der Waals surface area contributed by atoms with E-state index in [-0.39, 0.29) is 0 Å². The first-order valence-corrected chi connectivity index (χ1v) is 8.71. The summed E-state index contributed by atoms with van der Waals surface area (Å²) in [5, 5.41) is 2.06. The highest BCUT2D eigenvalue weighted by Gasteiger charge is 2.10. The highest BCUT2D eigenvalue weighted by molar-refractivity contribution is 7.67. The second-order valence-electron chi connectivity index (χ2n) is 5.14. The Balaban J connectivity index is 2.11. The van der Waals surface area contributed by atoms with Crippen molar-refractivity contribution in [3.05, 3.63) is 59.7 Å². The fraction of sp³-hybridized carbons (Fsp3) is 0.333. The minimum absolute atomic E-state index is 1.03. The standard InChI is InChI=1S/C18H23OP/c1-3-5-15-7-11-17(12-8-15)20(19)18-13-9-16(6-4-2)10-14-18/h7-14,19H,3-6H2,1-2H3. The van der Waals surface area contributed by atoms with Crippen molar-refractivity contribution in [1.82, 2.24) is 0 Å². The number of hydrogen-bond donors (Lipinski definition) is 1. The molecular weight excluding hydrogens is 263 g/mol. The lowest BCUT2D eigenvalue weighted by Gasteiger charge is -2.12. The SMILES string of the molecule is CCCc1ccc(P(O)c2ccc(CCC)cc2)cc1. The van der Waals surface area contributed by atoms with Crippen LogP contribution < -0.4 is 10.6 Å². The number of rotatable bonds is 6. The third-order valence-corrected chi connectivity index (χ3v) is 5.01. The molecule has 106 valence electrons. The quantitative estimate of drug-likeness (QED) is 0.798. The largest absolute Gasteiger partial charge is 0.364 e. The average Bonchev–Trinajstić information content (AvgIpc) is 2.49. The summed E-state index contributed by atoms with van der Waals surface area (Å²) in [7, 11) is -1.21. The zero-order chi connectivity index (χ0) is 14.4. The molecule has 0 aromatic heterocycles. The summed E-state index contributed by atoms with van der Waals surface area (Å²) >= 11 is 0. The van der Waals surface area contributed by atoms with E-state index in [1.165, 1.54) is 11.1 Å². The molecule has 0 aliphatic rings. The van der Waals surface area contributed by atoms with Gasteiger partial charge in [0.15, 0.2) is 0 Å². The van der Waals surface area contributed by atoms with Gasteiger partial charge in [0.1, 0.15) is 0 Å². The second kappa shape index (κ2) is 7.57. The van der Waals surface area contributed by atoms with Crippen molar-refractivity contribution in [3.63, 3.8) is 0 Å². The first-order chi connectivity index (χ1) is 9.74. The van der Waals surface area contributed by atoms with Crippen LogP contribution >= 0.6 is 8.15 Å². The summed E-state index contributed by atoms with van der Waals surface area (Å²) < 4.78 is 0. The van der Waals surface area contributed by atoms with Crippen molar-refractivity contribution in [3.8, 4) is 0 Å². The Hall–Kier alpha value is -1.17. The predicted octanol–water partition coefficient (Wildman–Crippen LogP) is 3.93. The van der Waals surface area contributed by atoms with Crippen molar-refractivity contribution in [2.75, 3.05) is 0 Å². The highest BCUT2D eigenvalue weighted by atomic mass is 31.1. The zero-order valence-corrected chi connectivity index (χ0v) is 13.2. The first kappa shape index (κ1) is 15.2. The molecule has 2 aromatic carbocycles. The molecule has 20 heavy (non-hydrogen) atoms. The number of hydrogen-bond acceptors (Lipinski definition) is 1. The molecule has 0 atom stereocenters. The van der Waals surface area contributed by atoms with Crippen LogP contribution in [0, 0.1) is 0 Å². The number of aryl methyl sites for hydroxylation is 2. The van der Waals surface area contributed by atoms with Gasteiger partial charge in [0.05, 0.1) is 8.15 Å². The molecule has 0 bridgehead atoms. The van der Waals surface area contributed by atoms with Crippen molar-refractivity contribution in [2.24, 2.45) is 0 Å². The lowest BCUT2D eigenvalue weighted by atomic mass is 10.1. The highest BCUT2D eigenvalue weighted by Crippen LogP contribution is 2.28. The van der Waals surface area contributed by atoms with E-state index in [9.17, 15) is 4.89 Å². The van der Waals surface area contributed by atoms with Crippen LogP contribution in [0.5, 0.6) is 0 Å². The van der Waals surface area contributed by atoms with Gasteiger partial charge in [-0.05, 0) is 24.0 Å². The van der Waals surface area contributed by atoms with Gasteiger partial charge in [-0.25, -0.2) is 0 Å². The molecular formula is C18H23OP. The van der Waals surface area contributed by atoms with Crippen LogP contribution in [0.4, 0.5) is 0 Å². The molecule has 2 aromatic rings. The molecule has 2 rings (SSSR count). The Labute approximate surface area is 123 Å². The number of benzene rings is 2. The molecule has 0 radical (unpaired) electrons. The minimum atomic E-state index is -1.21. The maximum atomic E-state index is 10.5. The van der Waals surface area contributed by atoms with Gasteiger partial charge in [0, 0.05) is 10.6 Å². The molecule has 1 N–H and O–H groups in total. The van der Waals surface area contributed by atoms with E-state index in [0.717, 1.165) is 36.3 Å². The zero-order valence-electron chi connectivity index (χ0n) is 12.3. The molecule has 0 unspecified atom stereocenters. The first-order valence-electron chi connectivity index (χ1n) is 7.41. The van der Waals surface area contributed by atoms with Gasteiger partial charge in [0.25, 0.3) is 0 Å². The van der Waals surface area contributed by atoms with Crippen molar-refractivity contribution >= 4 is 18.8 Å². The van der Waals surface area contributed by atoms with E-state index in [1.54, 1.807) is 0 Å². The van der Waals surface area contributed by atoms with Gasteiger partial charge in [-0.2, -0.15) is 0 Å². The Morgan fingerprint density at radius 1 is 0.700 bits per heavy atom. The van der Waals surface area contributed by atoms with Crippen molar-refractivity contribution in [2.45, 2.75) is 39.5 Å². The predicted molar refractivity (Wildman–Crippen MR) is 89.3 cm³/mol. The smallest absolute Gasteiger partial charge is 0.0877 e. The Kier molecular flexibility index (Phi) is 5.76. The van der Waals surface area contributed by atoms with E-state index < -0.39 is 8.15 Å². The molecule has 1 nitrogen and oxygen atoms in total. The molecule has 0 saturated carbocycles. The Morgan fingerprint density at radius 3 is 1.35 bits per heavy atom. The van der Waals surface area contributed by atoms with Gasteiger partial charge in [0.2, 0.25) is 0 Å². The summed E-state index contributed by atoms with van der Waals surface area (Å²) in [5.74, 6) is 0. The molecule has 2 heteroatoms. The lowest BCUT2D eigenvalue weighted by Crippen LogP contribution is -2.11. The van der Waals surface area contributed by atoms with Crippen LogP contribution in [0.2, 0.25) is 0 Å². The van der Waals surface area contributed by atoms with Gasteiger partial charge in [-0.15, -0.1) is 0 Å². The second-order valence-corrected chi connectivity index (χ2v) is 6.80. The van der Waals surface area contributed by atoms with E-state index in [0.29, 0.717) is 0 Å². The molecule has 0 fully saturated rings. The molecule has 0 heterocycles. The fourth-order valence-electron chi connectivity index (χ4n) is 2.33. The average molecular weight is 286 g/mol. The van der Waals surface area contributed by atoms with Crippen LogP contribution in [0.3, 0.4) is 0 Å². The molecule has 0 amide bonds. The molecule has 0 aliphatic heterocycles. The van der Waals surface area contributed by atoms with Crippen molar-refractivity contribution < 1.29 is 4.89 Å². The van der Waals surface area contributed by atoms with E-state index in [4.69, 9.17) is 0 Å². The normalized spacial score (nSPS) is 11.0. The summed E-state index contributed by atoms with van der Waals surface area (Å²) in [6, 6.07) is 16.8. The molecule has 0 saturated heterocycles. The third kappa shape index (κ3) is 3.91. The van der Waals surface area contributed by atoms with Gasteiger partial charge >= 0.3 is 0 Å². The topological polar surface area (TPSA) is 20.2 Å². The van der Waals surface area contributed by atoms with E-state index in [1.807, 2.05) is 0 Å². The monoisotopic (exact) mass is 286 g/mol. The minimum Gasteiger partial charge on any atom is -0.364 e. The van der Waals surface area contributed by atoms with Gasteiger partial charge in [-0.1, -0.05) is 75.2 Å². The third-order valence-electron chi connectivity index (χ3n) is 3.44. The summed E-state index contributed by atoms with van der Waals surface area (Å²) in [4.78, 5) is 10.5. The lowest BCUT2D eigenvalue weighted by molar-refractivity contribution is 0.644. The van der Waals surface area contributed by atoms with Crippen LogP contribution in [0.1, 0.15) is 37.8 Å². The fourth-order valence-corrected chi connectivity index (χ4v) is 3.50. The van der Waals surface area contributed by atoms with Crippen LogP contribution in [-0.4, -0.2) is 4.89 Å².